The molecule has 0 spiro atoms. The number of esters is 1. The van der Waals surface area contributed by atoms with Gasteiger partial charge < -0.3 is 9.47 Å². The van der Waals surface area contributed by atoms with Gasteiger partial charge in [-0.05, 0) is 58.4 Å². The minimum absolute atomic E-state index is 0.243. The Kier molecular flexibility index (Phi) is 6.44. The monoisotopic (exact) mass is 425 g/mol. The van der Waals surface area contributed by atoms with E-state index in [0.29, 0.717) is 22.4 Å². The fourth-order valence-corrected chi connectivity index (χ4v) is 3.53. The maximum Gasteiger partial charge on any atom is 0.328 e. The number of halogens is 1. The highest BCUT2D eigenvalue weighted by molar-refractivity contribution is 9.10. The molecule has 0 aromatic heterocycles. The number of carbonyl (C=O) groups is 3. The summed E-state index contributed by atoms with van der Waals surface area (Å²) in [6.45, 7) is 5.42. The van der Waals surface area contributed by atoms with Gasteiger partial charge in [0.05, 0.1) is 16.5 Å². The Balaban J connectivity index is 2.23. The predicted octanol–water partition coefficient (Wildman–Crippen LogP) is 3.61. The molecule has 1 saturated heterocycles. The number of hydrogen-bond acceptors (Lipinski definition) is 6. The third kappa shape index (κ3) is 4.32. The van der Waals surface area contributed by atoms with Crippen molar-refractivity contribution in [3.05, 3.63) is 45.8 Å². The Morgan fingerprint density at radius 2 is 2.16 bits per heavy atom. The van der Waals surface area contributed by atoms with E-state index < -0.39 is 23.2 Å². The summed E-state index contributed by atoms with van der Waals surface area (Å²) >= 11 is 4.19. The predicted molar refractivity (Wildman–Crippen MR) is 99.1 cm³/mol. The van der Waals surface area contributed by atoms with Crippen LogP contribution in [0, 0.1) is 0 Å². The molecule has 132 valence electrons. The number of imide groups is 1. The van der Waals surface area contributed by atoms with E-state index in [1.807, 2.05) is 0 Å². The van der Waals surface area contributed by atoms with E-state index in [9.17, 15) is 14.4 Å². The molecule has 1 aliphatic heterocycles. The lowest BCUT2D eigenvalue weighted by Crippen LogP contribution is -2.42. The first-order valence-electron chi connectivity index (χ1n) is 7.27. The van der Waals surface area contributed by atoms with Crippen molar-refractivity contribution >= 4 is 50.9 Å². The molecule has 0 radical (unpaired) electrons. The molecule has 0 bridgehead atoms. The zero-order valence-electron chi connectivity index (χ0n) is 13.7. The third-order valence-corrected chi connectivity index (χ3v) is 4.87. The normalized spacial score (nSPS) is 16.9. The van der Waals surface area contributed by atoms with Gasteiger partial charge in [0.15, 0.2) is 0 Å². The SMILES string of the molecule is C=CCOc1ccc(/C=C2/SC(=O)N([C@H](C)C(=O)OC)C2=O)cc1Br. The van der Waals surface area contributed by atoms with E-state index in [1.54, 1.807) is 30.4 Å². The number of methoxy groups -OCH3 is 1. The van der Waals surface area contributed by atoms with Crippen molar-refractivity contribution in [1.82, 2.24) is 4.90 Å². The van der Waals surface area contributed by atoms with Crippen LogP contribution in [0.4, 0.5) is 4.79 Å². The van der Waals surface area contributed by atoms with Crippen molar-refractivity contribution in [2.24, 2.45) is 0 Å². The van der Waals surface area contributed by atoms with E-state index in [1.165, 1.54) is 14.0 Å². The van der Waals surface area contributed by atoms with E-state index in [0.717, 1.165) is 16.7 Å². The number of nitrogens with zero attached hydrogens (tertiary/aromatic N) is 1. The van der Waals surface area contributed by atoms with Crippen LogP contribution in [0.1, 0.15) is 12.5 Å². The second-order valence-electron chi connectivity index (χ2n) is 5.04. The van der Waals surface area contributed by atoms with Gasteiger partial charge in [-0.25, -0.2) is 4.79 Å². The minimum Gasteiger partial charge on any atom is -0.488 e. The van der Waals surface area contributed by atoms with Crippen molar-refractivity contribution in [2.75, 3.05) is 13.7 Å². The lowest BCUT2D eigenvalue weighted by atomic mass is 10.2. The fourth-order valence-electron chi connectivity index (χ4n) is 2.11. The number of amides is 2. The molecule has 8 heteroatoms. The first-order valence-corrected chi connectivity index (χ1v) is 8.88. The molecule has 1 aromatic rings. The highest BCUT2D eigenvalue weighted by atomic mass is 79.9. The third-order valence-electron chi connectivity index (χ3n) is 3.36. The Labute approximate surface area is 158 Å². The lowest BCUT2D eigenvalue weighted by molar-refractivity contribution is -0.148. The summed E-state index contributed by atoms with van der Waals surface area (Å²) in [5, 5.41) is -0.501. The highest BCUT2D eigenvalue weighted by Crippen LogP contribution is 2.35. The van der Waals surface area contributed by atoms with Crippen molar-refractivity contribution in [3.63, 3.8) is 0 Å². The summed E-state index contributed by atoms with van der Waals surface area (Å²) in [5.41, 5.74) is 0.717. The molecule has 1 atom stereocenters. The van der Waals surface area contributed by atoms with Crippen LogP contribution in [0.25, 0.3) is 6.08 Å². The van der Waals surface area contributed by atoms with Gasteiger partial charge in [0, 0.05) is 0 Å². The Morgan fingerprint density at radius 3 is 2.76 bits per heavy atom. The second kappa shape index (κ2) is 8.35. The van der Waals surface area contributed by atoms with E-state index in [-0.39, 0.29) is 4.91 Å². The van der Waals surface area contributed by atoms with Gasteiger partial charge >= 0.3 is 5.97 Å². The summed E-state index contributed by atoms with van der Waals surface area (Å²) in [6, 6.07) is 4.32. The molecule has 1 aromatic carbocycles. The number of hydrogen-bond donors (Lipinski definition) is 0. The van der Waals surface area contributed by atoms with Crippen molar-refractivity contribution in [2.45, 2.75) is 13.0 Å². The van der Waals surface area contributed by atoms with Gasteiger partial charge in [-0.2, -0.15) is 0 Å². The number of carbonyl (C=O) groups excluding carboxylic acids is 3. The van der Waals surface area contributed by atoms with Crippen molar-refractivity contribution < 1.29 is 23.9 Å². The van der Waals surface area contributed by atoms with Gasteiger partial charge in [-0.3, -0.25) is 14.5 Å². The van der Waals surface area contributed by atoms with Crippen LogP contribution in [0.15, 0.2) is 40.2 Å². The second-order valence-corrected chi connectivity index (χ2v) is 6.89. The fraction of sp³-hybridized carbons (Fsp3) is 0.235. The summed E-state index contributed by atoms with van der Waals surface area (Å²) in [4.78, 5) is 37.2. The maximum atomic E-state index is 12.4. The average molecular weight is 426 g/mol. The van der Waals surface area contributed by atoms with Gasteiger partial charge in [-0.15, -0.1) is 0 Å². The zero-order chi connectivity index (χ0) is 18.6. The Bertz CT molecular complexity index is 761. The molecular formula is C17H16BrNO5S. The quantitative estimate of drug-likeness (QED) is 0.393. The average Bonchev–Trinajstić information content (AvgIpc) is 2.86. The number of thioether (sulfide) groups is 1. The minimum atomic E-state index is -0.968. The van der Waals surface area contributed by atoms with Crippen LogP contribution in [0.3, 0.4) is 0 Å². The smallest absolute Gasteiger partial charge is 0.328 e. The number of ether oxygens (including phenoxy) is 2. The topological polar surface area (TPSA) is 72.9 Å². The Hall–Kier alpha value is -2.06. The molecule has 0 aliphatic carbocycles. The largest absolute Gasteiger partial charge is 0.488 e. The van der Waals surface area contributed by atoms with Crippen LogP contribution in [0.2, 0.25) is 0 Å². The van der Waals surface area contributed by atoms with Gasteiger partial charge in [0.2, 0.25) is 0 Å². The van der Waals surface area contributed by atoms with Crippen LogP contribution in [-0.4, -0.2) is 41.8 Å². The molecule has 0 saturated carbocycles. The highest BCUT2D eigenvalue weighted by Gasteiger charge is 2.41. The molecule has 0 N–H and O–H groups in total. The molecule has 1 heterocycles. The number of benzene rings is 1. The summed E-state index contributed by atoms with van der Waals surface area (Å²) in [5.74, 6) is -0.518. The van der Waals surface area contributed by atoms with Crippen LogP contribution >= 0.6 is 27.7 Å². The molecular weight excluding hydrogens is 410 g/mol. The van der Waals surface area contributed by atoms with E-state index >= 15 is 0 Å². The van der Waals surface area contributed by atoms with Crippen molar-refractivity contribution in [1.29, 1.82) is 0 Å². The molecule has 1 fully saturated rings. The van der Waals surface area contributed by atoms with Crippen LogP contribution < -0.4 is 4.74 Å². The zero-order valence-corrected chi connectivity index (χ0v) is 16.1. The van der Waals surface area contributed by atoms with Gasteiger partial charge in [0.1, 0.15) is 18.4 Å². The summed E-state index contributed by atoms with van der Waals surface area (Å²) in [6.07, 6.45) is 3.23. The van der Waals surface area contributed by atoms with Gasteiger partial charge in [-0.1, -0.05) is 18.7 Å². The summed E-state index contributed by atoms with van der Waals surface area (Å²) < 4.78 is 10.8. The molecule has 2 amide bonds. The van der Waals surface area contributed by atoms with E-state index in [4.69, 9.17) is 4.74 Å². The lowest BCUT2D eigenvalue weighted by Gasteiger charge is -2.18. The molecule has 25 heavy (non-hydrogen) atoms. The first kappa shape index (κ1) is 19.3. The first-order chi connectivity index (χ1) is 11.9. The van der Waals surface area contributed by atoms with Crippen LogP contribution in [0.5, 0.6) is 5.75 Å². The summed E-state index contributed by atoms with van der Waals surface area (Å²) in [7, 11) is 1.21. The van der Waals surface area contributed by atoms with Crippen molar-refractivity contribution in [3.8, 4) is 5.75 Å². The Morgan fingerprint density at radius 1 is 1.44 bits per heavy atom. The number of rotatable bonds is 6. The van der Waals surface area contributed by atoms with Gasteiger partial charge in [0.25, 0.3) is 11.1 Å². The van der Waals surface area contributed by atoms with Crippen LogP contribution in [-0.2, 0) is 14.3 Å². The van der Waals surface area contributed by atoms with E-state index in [2.05, 4.69) is 27.2 Å². The molecule has 0 unspecified atom stereocenters. The molecule has 1 aliphatic rings. The molecule has 2 rings (SSSR count). The molecule has 6 nitrogen and oxygen atoms in total. The maximum absolute atomic E-state index is 12.4. The standard InChI is InChI=1S/C17H16BrNO5S/c1-4-7-24-13-6-5-11(8-12(13)18)9-14-15(20)19(17(22)25-14)10(2)16(21)23-3/h4-6,8-10H,1,7H2,2-3H3/b14-9+/t10-/m1/s1.